The van der Waals surface area contributed by atoms with E-state index in [0.29, 0.717) is 22.8 Å². The Kier molecular flexibility index (Phi) is 7.11. The number of carbonyl (C=O) groups excluding carboxylic acids is 3. The van der Waals surface area contributed by atoms with Crippen molar-refractivity contribution in [2.75, 3.05) is 41.5 Å². The Hall–Kier alpha value is -3.60. The first kappa shape index (κ1) is 26.0. The van der Waals surface area contributed by atoms with Gasteiger partial charge in [0.2, 0.25) is 15.9 Å². The quantitative estimate of drug-likeness (QED) is 0.625. The number of urea groups is 1. The Morgan fingerprint density at radius 1 is 1.14 bits per heavy atom. The summed E-state index contributed by atoms with van der Waals surface area (Å²) in [5.41, 5.74) is 1.94. The molecule has 2 aromatic carbocycles. The van der Waals surface area contributed by atoms with Crippen LogP contribution in [0, 0.1) is 0 Å². The molecule has 11 heteroatoms. The number of nitrogens with one attached hydrogen (secondary N) is 2. The van der Waals surface area contributed by atoms with Crippen molar-refractivity contribution in [1.29, 1.82) is 0 Å². The first-order valence-corrected chi connectivity index (χ1v) is 12.8. The van der Waals surface area contributed by atoms with Crippen LogP contribution in [0.25, 0.3) is 0 Å². The highest BCUT2D eigenvalue weighted by Gasteiger charge is 2.31. The Balaban J connectivity index is 2.05. The molecule has 35 heavy (non-hydrogen) atoms. The molecule has 1 aliphatic heterocycles. The van der Waals surface area contributed by atoms with Crippen LogP contribution in [0.3, 0.4) is 0 Å². The molecule has 2 aromatic rings. The van der Waals surface area contributed by atoms with Gasteiger partial charge in [-0.05, 0) is 41.8 Å². The summed E-state index contributed by atoms with van der Waals surface area (Å²) in [4.78, 5) is 40.6. The molecule has 3 rings (SSSR count). The van der Waals surface area contributed by atoms with Gasteiger partial charge in [0.15, 0.2) is 0 Å². The Bertz CT molecular complexity index is 1270. The molecule has 1 saturated heterocycles. The van der Waals surface area contributed by atoms with E-state index >= 15 is 0 Å². The summed E-state index contributed by atoms with van der Waals surface area (Å²) in [5.74, 6) is -0.339. The minimum Gasteiger partial charge on any atom is -0.496 e. The van der Waals surface area contributed by atoms with Crippen LogP contribution in [0.15, 0.2) is 36.4 Å². The Labute approximate surface area is 205 Å². The molecule has 188 valence electrons. The van der Waals surface area contributed by atoms with Gasteiger partial charge in [-0.1, -0.05) is 20.8 Å². The highest BCUT2D eigenvalue weighted by molar-refractivity contribution is 7.92. The number of hydrogen-bond acceptors (Lipinski definition) is 6. The summed E-state index contributed by atoms with van der Waals surface area (Å²) < 4.78 is 31.0. The van der Waals surface area contributed by atoms with Crippen molar-refractivity contribution in [2.24, 2.45) is 0 Å². The second kappa shape index (κ2) is 9.57. The highest BCUT2D eigenvalue weighted by Crippen LogP contribution is 2.39. The van der Waals surface area contributed by atoms with E-state index in [1.807, 2.05) is 20.8 Å². The molecule has 0 saturated carbocycles. The summed E-state index contributed by atoms with van der Waals surface area (Å²) in [6.07, 6.45) is 1.21. The summed E-state index contributed by atoms with van der Waals surface area (Å²) in [5, 5.41) is 2.31. The maximum atomic E-state index is 13.6. The molecule has 0 atom stereocenters. The molecular weight excluding hydrogens is 472 g/mol. The highest BCUT2D eigenvalue weighted by atomic mass is 32.2. The van der Waals surface area contributed by atoms with E-state index in [4.69, 9.17) is 4.74 Å². The molecule has 2 N–H and O–H groups in total. The predicted octanol–water partition coefficient (Wildman–Crippen LogP) is 3.09. The predicted molar refractivity (Wildman–Crippen MR) is 135 cm³/mol. The largest absolute Gasteiger partial charge is 0.496 e. The van der Waals surface area contributed by atoms with E-state index in [0.717, 1.165) is 11.8 Å². The van der Waals surface area contributed by atoms with Crippen LogP contribution in [-0.2, 0) is 20.2 Å². The topological polar surface area (TPSA) is 125 Å². The van der Waals surface area contributed by atoms with E-state index in [1.54, 1.807) is 43.4 Å². The van der Waals surface area contributed by atoms with E-state index in [2.05, 4.69) is 10.0 Å². The third-order valence-corrected chi connectivity index (χ3v) is 6.15. The third kappa shape index (κ3) is 5.91. The first-order chi connectivity index (χ1) is 16.2. The molecule has 10 nitrogen and oxygen atoms in total. The normalized spacial score (nSPS) is 14.4. The minimum absolute atomic E-state index is 0.152. The summed E-state index contributed by atoms with van der Waals surface area (Å²) in [6, 6.07) is 9.20. The molecule has 0 aliphatic carbocycles. The van der Waals surface area contributed by atoms with Crippen LogP contribution in [0.1, 0.15) is 43.1 Å². The average molecular weight is 503 g/mol. The van der Waals surface area contributed by atoms with Crippen LogP contribution in [0.4, 0.5) is 21.9 Å². The van der Waals surface area contributed by atoms with Gasteiger partial charge in [-0.25, -0.2) is 13.2 Å². The van der Waals surface area contributed by atoms with E-state index < -0.39 is 21.5 Å². The third-order valence-electron chi connectivity index (χ3n) is 5.54. The van der Waals surface area contributed by atoms with Gasteiger partial charge in [-0.3, -0.25) is 24.5 Å². The number of sulfonamides is 1. The fourth-order valence-corrected chi connectivity index (χ4v) is 4.35. The van der Waals surface area contributed by atoms with Crippen molar-refractivity contribution >= 4 is 44.9 Å². The number of imide groups is 1. The van der Waals surface area contributed by atoms with Crippen LogP contribution in [-0.4, -0.2) is 53.2 Å². The molecule has 0 spiro atoms. The Morgan fingerprint density at radius 2 is 1.77 bits per heavy atom. The molecule has 1 aliphatic rings. The second-order valence-electron chi connectivity index (χ2n) is 9.36. The van der Waals surface area contributed by atoms with E-state index in [9.17, 15) is 22.8 Å². The fraction of sp³-hybridized carbons (Fsp3) is 0.375. The lowest BCUT2D eigenvalue weighted by Crippen LogP contribution is -2.49. The van der Waals surface area contributed by atoms with Crippen LogP contribution in [0.2, 0.25) is 0 Å². The first-order valence-electron chi connectivity index (χ1n) is 10.9. The number of rotatable bonds is 6. The van der Waals surface area contributed by atoms with E-state index in [1.165, 1.54) is 16.9 Å². The number of benzene rings is 2. The molecule has 1 heterocycles. The average Bonchev–Trinajstić information content (AvgIpc) is 2.76. The van der Waals surface area contributed by atoms with Gasteiger partial charge in [-0.15, -0.1) is 0 Å². The van der Waals surface area contributed by atoms with Crippen molar-refractivity contribution in [1.82, 2.24) is 5.32 Å². The van der Waals surface area contributed by atoms with Crippen LogP contribution >= 0.6 is 0 Å². The molecular formula is C24H30N4O6S. The number of carbonyl (C=O) groups is 3. The molecule has 0 unspecified atom stereocenters. The SMILES string of the molecule is COc1c(C(=O)N(C)c2ccc(NS(C)(=O)=O)cc2)cc(N2CCC(=O)NC2=O)cc1C(C)(C)C. The Morgan fingerprint density at radius 3 is 2.29 bits per heavy atom. The van der Waals surface area contributed by atoms with Gasteiger partial charge in [0.1, 0.15) is 5.75 Å². The number of amides is 4. The van der Waals surface area contributed by atoms with Crippen molar-refractivity contribution in [3.05, 3.63) is 47.5 Å². The van der Waals surface area contributed by atoms with Gasteiger partial charge in [0, 0.05) is 42.6 Å². The molecule has 0 radical (unpaired) electrons. The lowest BCUT2D eigenvalue weighted by molar-refractivity contribution is -0.120. The number of hydrogen-bond donors (Lipinski definition) is 2. The smallest absolute Gasteiger partial charge is 0.328 e. The molecule has 4 amide bonds. The second-order valence-corrected chi connectivity index (χ2v) is 11.1. The van der Waals surface area contributed by atoms with Crippen LogP contribution in [0.5, 0.6) is 5.75 Å². The van der Waals surface area contributed by atoms with Crippen molar-refractivity contribution in [3.63, 3.8) is 0 Å². The lowest BCUT2D eigenvalue weighted by atomic mass is 9.84. The summed E-state index contributed by atoms with van der Waals surface area (Å²) >= 11 is 0. The maximum absolute atomic E-state index is 13.6. The standard InChI is InChI=1S/C24H30N4O6S/c1-24(2,3)19-14-17(28-12-11-20(29)25-23(28)31)13-18(21(19)34-5)22(30)27(4)16-9-7-15(8-10-16)26-35(6,32)33/h7-10,13-14,26H,11-12H2,1-6H3,(H,25,29,31). The van der Waals surface area contributed by atoms with E-state index in [-0.39, 0.29) is 30.3 Å². The zero-order valence-corrected chi connectivity index (χ0v) is 21.4. The van der Waals surface area contributed by atoms with Gasteiger partial charge in [0.05, 0.1) is 18.9 Å². The molecule has 0 aromatic heterocycles. The fourth-order valence-electron chi connectivity index (χ4n) is 3.78. The van der Waals surface area contributed by atoms with Crippen molar-refractivity contribution in [3.8, 4) is 5.75 Å². The maximum Gasteiger partial charge on any atom is 0.328 e. The number of anilines is 3. The van der Waals surface area contributed by atoms with Crippen molar-refractivity contribution < 1.29 is 27.5 Å². The number of ether oxygens (including phenoxy) is 1. The number of nitrogens with zero attached hydrogens (tertiary/aromatic N) is 2. The monoisotopic (exact) mass is 502 g/mol. The summed E-state index contributed by atoms with van der Waals surface area (Å²) in [6.45, 7) is 6.11. The van der Waals surface area contributed by atoms with Gasteiger partial charge in [0.25, 0.3) is 5.91 Å². The zero-order chi connectivity index (χ0) is 26.1. The number of methoxy groups -OCH3 is 1. The van der Waals surface area contributed by atoms with Gasteiger partial charge in [-0.2, -0.15) is 0 Å². The zero-order valence-electron chi connectivity index (χ0n) is 20.6. The minimum atomic E-state index is -3.43. The van der Waals surface area contributed by atoms with Crippen LogP contribution < -0.4 is 24.6 Å². The molecule has 1 fully saturated rings. The van der Waals surface area contributed by atoms with Gasteiger partial charge >= 0.3 is 6.03 Å². The van der Waals surface area contributed by atoms with Gasteiger partial charge < -0.3 is 9.64 Å². The molecule has 0 bridgehead atoms. The lowest BCUT2D eigenvalue weighted by Gasteiger charge is -2.31. The summed E-state index contributed by atoms with van der Waals surface area (Å²) in [7, 11) is -0.348. The van der Waals surface area contributed by atoms with Crippen molar-refractivity contribution in [2.45, 2.75) is 32.6 Å².